The van der Waals surface area contributed by atoms with Crippen molar-refractivity contribution in [2.24, 2.45) is 0 Å². The van der Waals surface area contributed by atoms with E-state index in [1.54, 1.807) is 33.1 Å². The largest absolute Gasteiger partial charge is 0.516 e. The van der Waals surface area contributed by atoms with Gasteiger partial charge in [0.05, 0.1) is 14.2 Å². The lowest BCUT2D eigenvalue weighted by molar-refractivity contribution is -0.151. The summed E-state index contributed by atoms with van der Waals surface area (Å²) >= 11 is 0. The van der Waals surface area contributed by atoms with Crippen LogP contribution in [0.2, 0.25) is 0 Å². The number of methoxy groups -OCH3 is 2. The van der Waals surface area contributed by atoms with Crippen LogP contribution in [-0.2, 0) is 34.6 Å². The quantitative estimate of drug-likeness (QED) is 0.0746. The number of aryl methyl sites for hydroxylation is 6. The summed E-state index contributed by atoms with van der Waals surface area (Å²) in [4.78, 5) is 33.1. The van der Waals surface area contributed by atoms with E-state index in [1.165, 1.54) is 89.3 Å². The molecule has 7 rings (SSSR count). The monoisotopic (exact) mass is 953 g/mol. The molecule has 0 spiro atoms. The molecule has 1 saturated carbocycles. The lowest BCUT2D eigenvalue weighted by Gasteiger charge is -2.38. The Morgan fingerprint density at radius 1 is 0.486 bits per heavy atom. The van der Waals surface area contributed by atoms with Crippen molar-refractivity contribution in [3.63, 3.8) is 0 Å². The van der Waals surface area contributed by atoms with E-state index in [9.17, 15) is 14.4 Å². The average molecular weight is 953 g/mol. The molecule has 10 heteroatoms. The van der Waals surface area contributed by atoms with Crippen LogP contribution in [0, 0.1) is 41.5 Å². The molecular formula is C60H72O10. The van der Waals surface area contributed by atoms with E-state index < -0.39 is 31.9 Å². The Morgan fingerprint density at radius 3 is 1.26 bits per heavy atom. The van der Waals surface area contributed by atoms with Gasteiger partial charge in [0.2, 0.25) is 13.6 Å². The SMILES string of the molecule is COc1cc(C)c(OC(=O)OCOC(=O)OCOC(C)=O)c(C)c1.COc1ccc(C(C)(C)C)cc1.Cc1ccc(-c2ccc(C)cc2)cc1.Cc1ccc(C2(c3ccc(C)cc3)CCCCC2)cc1. The zero-order chi connectivity index (χ0) is 51.3. The van der Waals surface area contributed by atoms with Gasteiger partial charge in [-0.3, -0.25) is 4.79 Å². The Labute approximate surface area is 416 Å². The van der Waals surface area contributed by atoms with E-state index in [0.717, 1.165) is 12.7 Å². The molecule has 70 heavy (non-hydrogen) atoms. The van der Waals surface area contributed by atoms with Crippen molar-refractivity contribution in [1.29, 1.82) is 0 Å². The summed E-state index contributed by atoms with van der Waals surface area (Å²) < 4.78 is 33.0. The topological polar surface area (TPSA) is 116 Å². The third kappa shape index (κ3) is 17.8. The second-order valence-electron chi connectivity index (χ2n) is 18.6. The fourth-order valence-electron chi connectivity index (χ4n) is 7.86. The standard InChI is InChI=1S/C20H24.C15H18O9.C14H14.C11H16O/c1-16-6-10-18(11-7-16)20(14-4-3-5-15-20)19-12-8-17(2)9-13-19;1-9-5-12(19-4)6-10(2)13(9)24-15(18)23-8-22-14(17)21-7-20-11(3)16;1-11-3-7-13(8-4-11)14-9-5-12(2)6-10-14;1-11(2,3)9-5-7-10(12-4)8-6-9/h6-13H,3-5,14-15H2,1-2H3;5-6H,7-8H2,1-4H3;3-10H,1-2H3;5-8H,1-4H3. The number of benzene rings is 6. The molecule has 0 aliphatic heterocycles. The van der Waals surface area contributed by atoms with Crippen molar-refractivity contribution in [1.82, 2.24) is 0 Å². The molecule has 0 radical (unpaired) electrons. The summed E-state index contributed by atoms with van der Waals surface area (Å²) in [6, 6.07) is 47.3. The lowest BCUT2D eigenvalue weighted by Crippen LogP contribution is -2.30. The minimum absolute atomic E-state index is 0.228. The summed E-state index contributed by atoms with van der Waals surface area (Å²) in [5.41, 5.74) is 14.1. The summed E-state index contributed by atoms with van der Waals surface area (Å²) in [7, 11) is 3.22. The Bertz CT molecular complexity index is 2420. The Balaban J connectivity index is 0.000000210. The fraction of sp³-hybridized carbons (Fsp3) is 0.350. The molecule has 0 heterocycles. The predicted molar refractivity (Wildman–Crippen MR) is 278 cm³/mol. The summed E-state index contributed by atoms with van der Waals surface area (Å²) in [6.07, 6.45) is 4.45. The second kappa shape index (κ2) is 27.2. The third-order valence-electron chi connectivity index (χ3n) is 12.0. The summed E-state index contributed by atoms with van der Waals surface area (Å²) in [5.74, 6) is 1.25. The van der Waals surface area contributed by atoms with E-state index in [-0.39, 0.29) is 10.8 Å². The molecule has 0 unspecified atom stereocenters. The first-order chi connectivity index (χ1) is 33.3. The normalized spacial score (nSPS) is 12.4. The zero-order valence-electron chi connectivity index (χ0n) is 43.2. The van der Waals surface area contributed by atoms with Gasteiger partial charge in [-0.15, -0.1) is 0 Å². The predicted octanol–water partition coefficient (Wildman–Crippen LogP) is 15.0. The number of hydrogen-bond donors (Lipinski definition) is 0. The van der Waals surface area contributed by atoms with Crippen LogP contribution in [0.4, 0.5) is 9.59 Å². The maximum atomic E-state index is 11.6. The highest BCUT2D eigenvalue weighted by Crippen LogP contribution is 2.45. The van der Waals surface area contributed by atoms with Gasteiger partial charge in [-0.05, 0) is 123 Å². The van der Waals surface area contributed by atoms with Crippen LogP contribution in [0.25, 0.3) is 11.1 Å². The number of esters is 1. The lowest BCUT2D eigenvalue weighted by atomic mass is 9.65. The van der Waals surface area contributed by atoms with Crippen LogP contribution >= 0.6 is 0 Å². The van der Waals surface area contributed by atoms with Gasteiger partial charge in [0.25, 0.3) is 0 Å². The molecule has 0 saturated heterocycles. The minimum Gasteiger partial charge on any atom is -0.497 e. The van der Waals surface area contributed by atoms with E-state index in [4.69, 9.17) is 14.2 Å². The highest BCUT2D eigenvalue weighted by molar-refractivity contribution is 5.67. The van der Waals surface area contributed by atoms with Gasteiger partial charge >= 0.3 is 18.3 Å². The first-order valence-electron chi connectivity index (χ1n) is 23.7. The van der Waals surface area contributed by atoms with Gasteiger partial charge in [0.15, 0.2) is 0 Å². The van der Waals surface area contributed by atoms with Gasteiger partial charge in [0.1, 0.15) is 17.2 Å². The Morgan fingerprint density at radius 2 is 0.871 bits per heavy atom. The van der Waals surface area contributed by atoms with Gasteiger partial charge in [-0.25, -0.2) is 9.59 Å². The molecule has 1 aliphatic carbocycles. The maximum Gasteiger partial charge on any atom is 0.516 e. The van der Waals surface area contributed by atoms with Crippen LogP contribution in [0.15, 0.2) is 133 Å². The van der Waals surface area contributed by atoms with Crippen LogP contribution < -0.4 is 14.2 Å². The molecule has 10 nitrogen and oxygen atoms in total. The first kappa shape index (κ1) is 55.5. The molecule has 6 aromatic carbocycles. The van der Waals surface area contributed by atoms with Crippen LogP contribution in [0.1, 0.15) is 110 Å². The van der Waals surface area contributed by atoms with E-state index in [0.29, 0.717) is 22.6 Å². The molecule has 1 aliphatic rings. The molecule has 372 valence electrons. The number of carbonyl (C=O) groups is 3. The van der Waals surface area contributed by atoms with Crippen LogP contribution in [0.3, 0.4) is 0 Å². The molecule has 6 aromatic rings. The van der Waals surface area contributed by atoms with Crippen molar-refractivity contribution >= 4 is 18.3 Å². The zero-order valence-corrected chi connectivity index (χ0v) is 43.2. The summed E-state index contributed by atoms with van der Waals surface area (Å²) in [6.45, 7) is 18.5. The molecule has 1 fully saturated rings. The van der Waals surface area contributed by atoms with Crippen molar-refractivity contribution in [3.05, 3.63) is 184 Å². The number of hydrogen-bond acceptors (Lipinski definition) is 10. The second-order valence-corrected chi connectivity index (χ2v) is 18.6. The maximum absolute atomic E-state index is 11.6. The molecular weight excluding hydrogens is 881 g/mol. The minimum atomic E-state index is -1.17. The molecule has 0 aromatic heterocycles. The van der Waals surface area contributed by atoms with Gasteiger partial charge in [-0.1, -0.05) is 171 Å². The van der Waals surface area contributed by atoms with E-state index in [1.807, 2.05) is 12.1 Å². The smallest absolute Gasteiger partial charge is 0.497 e. The highest BCUT2D eigenvalue weighted by Gasteiger charge is 2.35. The number of carbonyl (C=O) groups excluding carboxylic acids is 3. The van der Waals surface area contributed by atoms with Crippen LogP contribution in [0.5, 0.6) is 17.2 Å². The Kier molecular flexibility index (Phi) is 21.6. The number of ether oxygens (including phenoxy) is 7. The first-order valence-corrected chi connectivity index (χ1v) is 23.7. The Hall–Kier alpha value is -7.07. The van der Waals surface area contributed by atoms with Crippen molar-refractivity contribution in [3.8, 4) is 28.4 Å². The molecule has 0 atom stereocenters. The van der Waals surface area contributed by atoms with E-state index >= 15 is 0 Å². The molecule has 0 bridgehead atoms. The van der Waals surface area contributed by atoms with E-state index in [2.05, 4.69) is 177 Å². The van der Waals surface area contributed by atoms with Crippen molar-refractivity contribution in [2.75, 3.05) is 27.8 Å². The molecule has 0 N–H and O–H groups in total. The van der Waals surface area contributed by atoms with Gasteiger partial charge in [0, 0.05) is 12.3 Å². The van der Waals surface area contributed by atoms with Crippen LogP contribution in [-0.4, -0.2) is 46.1 Å². The summed E-state index contributed by atoms with van der Waals surface area (Å²) in [5, 5.41) is 0. The highest BCUT2D eigenvalue weighted by atomic mass is 16.8. The average Bonchev–Trinajstić information content (AvgIpc) is 3.34. The van der Waals surface area contributed by atoms with Crippen molar-refractivity contribution in [2.45, 2.75) is 112 Å². The molecule has 0 amide bonds. The van der Waals surface area contributed by atoms with Gasteiger partial charge in [-0.2, -0.15) is 0 Å². The fourth-order valence-corrected chi connectivity index (χ4v) is 7.86. The third-order valence-corrected chi connectivity index (χ3v) is 12.0. The van der Waals surface area contributed by atoms with Crippen molar-refractivity contribution < 1.29 is 47.5 Å². The van der Waals surface area contributed by atoms with Gasteiger partial charge < -0.3 is 33.2 Å². The number of rotatable bonds is 10.